The number of hydrogen-bond donors (Lipinski definition) is 2. The van der Waals surface area contributed by atoms with Crippen molar-refractivity contribution < 1.29 is 18.3 Å². The molecule has 2 aromatic carbocycles. The number of nitriles is 1. The molecule has 0 fully saturated rings. The standard InChI is InChI=1S/C15H11F3N2O/c16-11-5-12(17)15(18)13(6-11)20-8-14(21)10-3-1-9(7-19)2-4-10/h1-6,14,20-21H,8H2. The fourth-order valence-electron chi connectivity index (χ4n) is 1.79. The molecule has 2 rings (SSSR count). The lowest BCUT2D eigenvalue weighted by molar-refractivity contribution is 0.191. The topological polar surface area (TPSA) is 56.0 Å². The molecule has 0 spiro atoms. The highest BCUT2D eigenvalue weighted by Crippen LogP contribution is 2.21. The van der Waals surface area contributed by atoms with Gasteiger partial charge in [0.2, 0.25) is 0 Å². The van der Waals surface area contributed by atoms with Gasteiger partial charge in [0.15, 0.2) is 11.6 Å². The molecule has 0 aliphatic heterocycles. The van der Waals surface area contributed by atoms with E-state index in [4.69, 9.17) is 5.26 Å². The Hall–Kier alpha value is -2.52. The minimum atomic E-state index is -1.30. The number of halogens is 3. The number of aliphatic hydroxyl groups is 1. The first-order valence-corrected chi connectivity index (χ1v) is 6.08. The Bertz CT molecular complexity index is 681. The minimum Gasteiger partial charge on any atom is -0.387 e. The number of aliphatic hydroxyl groups excluding tert-OH is 1. The van der Waals surface area contributed by atoms with Crippen LogP contribution in [0.2, 0.25) is 0 Å². The van der Waals surface area contributed by atoms with Gasteiger partial charge in [-0.3, -0.25) is 0 Å². The van der Waals surface area contributed by atoms with Crippen molar-refractivity contribution in [3.05, 3.63) is 65.0 Å². The first kappa shape index (κ1) is 14.9. The predicted molar refractivity (Wildman–Crippen MR) is 70.9 cm³/mol. The highest BCUT2D eigenvalue weighted by atomic mass is 19.2. The molecule has 6 heteroatoms. The number of nitrogens with one attached hydrogen (secondary N) is 1. The Labute approximate surface area is 119 Å². The van der Waals surface area contributed by atoms with Gasteiger partial charge in [-0.1, -0.05) is 12.1 Å². The average Bonchev–Trinajstić information content (AvgIpc) is 2.49. The predicted octanol–water partition coefficient (Wildman–Crippen LogP) is 3.12. The minimum absolute atomic E-state index is 0.133. The third-order valence-electron chi connectivity index (χ3n) is 2.90. The lowest BCUT2D eigenvalue weighted by Gasteiger charge is -2.14. The van der Waals surface area contributed by atoms with Crippen molar-refractivity contribution in [3.63, 3.8) is 0 Å². The Balaban J connectivity index is 2.07. The fourth-order valence-corrected chi connectivity index (χ4v) is 1.79. The number of benzene rings is 2. The summed E-state index contributed by atoms with van der Waals surface area (Å²) in [7, 11) is 0. The molecule has 0 heterocycles. The SMILES string of the molecule is N#Cc1ccc(C(O)CNc2cc(F)cc(F)c2F)cc1. The Morgan fingerprint density at radius 3 is 2.43 bits per heavy atom. The van der Waals surface area contributed by atoms with E-state index in [9.17, 15) is 18.3 Å². The van der Waals surface area contributed by atoms with Crippen LogP contribution >= 0.6 is 0 Å². The molecule has 0 saturated carbocycles. The van der Waals surface area contributed by atoms with Crippen LogP contribution in [0.4, 0.5) is 18.9 Å². The van der Waals surface area contributed by atoms with E-state index in [2.05, 4.69) is 5.32 Å². The van der Waals surface area contributed by atoms with Crippen LogP contribution in [0, 0.1) is 28.8 Å². The van der Waals surface area contributed by atoms with Gasteiger partial charge in [-0.2, -0.15) is 5.26 Å². The maximum Gasteiger partial charge on any atom is 0.182 e. The van der Waals surface area contributed by atoms with Gasteiger partial charge in [0.25, 0.3) is 0 Å². The summed E-state index contributed by atoms with van der Waals surface area (Å²) in [5.41, 5.74) is 0.580. The number of hydrogen-bond acceptors (Lipinski definition) is 3. The quantitative estimate of drug-likeness (QED) is 0.851. The molecule has 1 atom stereocenters. The van der Waals surface area contributed by atoms with Gasteiger partial charge in [-0.05, 0) is 17.7 Å². The van der Waals surface area contributed by atoms with Crippen molar-refractivity contribution in [1.82, 2.24) is 0 Å². The average molecular weight is 292 g/mol. The first-order valence-electron chi connectivity index (χ1n) is 6.08. The van der Waals surface area contributed by atoms with Crippen LogP contribution in [0.1, 0.15) is 17.2 Å². The summed E-state index contributed by atoms with van der Waals surface area (Å²) >= 11 is 0. The van der Waals surface area contributed by atoms with Gasteiger partial charge in [-0.25, -0.2) is 13.2 Å². The number of nitrogens with zero attached hydrogens (tertiary/aromatic N) is 1. The summed E-state index contributed by atoms with van der Waals surface area (Å²) in [6.07, 6.45) is -1.01. The molecule has 1 unspecified atom stereocenters. The van der Waals surface area contributed by atoms with Crippen LogP contribution in [0.25, 0.3) is 0 Å². The van der Waals surface area contributed by atoms with Crippen molar-refractivity contribution in [3.8, 4) is 6.07 Å². The third-order valence-corrected chi connectivity index (χ3v) is 2.90. The molecule has 0 aliphatic carbocycles. The highest BCUT2D eigenvalue weighted by molar-refractivity contribution is 5.46. The zero-order valence-electron chi connectivity index (χ0n) is 10.8. The van der Waals surface area contributed by atoms with Crippen molar-refractivity contribution in [1.29, 1.82) is 5.26 Å². The van der Waals surface area contributed by atoms with E-state index in [1.807, 2.05) is 6.07 Å². The molecule has 3 nitrogen and oxygen atoms in total. The third kappa shape index (κ3) is 3.52. The van der Waals surface area contributed by atoms with Crippen molar-refractivity contribution >= 4 is 5.69 Å². The maximum atomic E-state index is 13.4. The summed E-state index contributed by atoms with van der Waals surface area (Å²) in [4.78, 5) is 0. The van der Waals surface area contributed by atoms with Crippen LogP contribution in [0.3, 0.4) is 0 Å². The lowest BCUT2D eigenvalue weighted by atomic mass is 10.1. The monoisotopic (exact) mass is 292 g/mol. The van der Waals surface area contributed by atoms with Crippen LogP contribution in [0.5, 0.6) is 0 Å². The van der Waals surface area contributed by atoms with Crippen LogP contribution in [-0.2, 0) is 0 Å². The smallest absolute Gasteiger partial charge is 0.182 e. The zero-order chi connectivity index (χ0) is 15.4. The molecule has 0 aliphatic rings. The molecule has 0 bridgehead atoms. The van der Waals surface area contributed by atoms with Crippen LogP contribution < -0.4 is 5.32 Å². The summed E-state index contributed by atoms with van der Waals surface area (Å²) < 4.78 is 39.4. The Morgan fingerprint density at radius 2 is 1.81 bits per heavy atom. The number of rotatable bonds is 4. The second-order valence-electron chi connectivity index (χ2n) is 4.38. The normalized spacial score (nSPS) is 11.8. The molecular weight excluding hydrogens is 281 g/mol. The zero-order valence-corrected chi connectivity index (χ0v) is 10.8. The summed E-state index contributed by atoms with van der Waals surface area (Å²) in [5, 5.41) is 21.0. The van der Waals surface area contributed by atoms with E-state index in [0.717, 1.165) is 6.07 Å². The van der Waals surface area contributed by atoms with E-state index in [-0.39, 0.29) is 12.2 Å². The van der Waals surface area contributed by atoms with E-state index < -0.39 is 23.6 Å². The molecule has 2 aromatic rings. The van der Waals surface area contributed by atoms with Gasteiger partial charge in [0, 0.05) is 18.7 Å². The molecule has 0 radical (unpaired) electrons. The van der Waals surface area contributed by atoms with Crippen molar-refractivity contribution in [2.45, 2.75) is 6.10 Å². The summed E-state index contributed by atoms with van der Waals surface area (Å²) in [6, 6.07) is 9.35. The molecule has 21 heavy (non-hydrogen) atoms. The van der Waals surface area contributed by atoms with Crippen LogP contribution in [0.15, 0.2) is 36.4 Å². The van der Waals surface area contributed by atoms with Gasteiger partial charge in [0.05, 0.1) is 23.4 Å². The molecular formula is C15H11F3N2O. The van der Waals surface area contributed by atoms with Crippen LogP contribution in [-0.4, -0.2) is 11.7 Å². The maximum absolute atomic E-state index is 13.4. The van der Waals surface area contributed by atoms with Crippen molar-refractivity contribution in [2.24, 2.45) is 0 Å². The number of anilines is 1. The van der Waals surface area contributed by atoms with Gasteiger partial charge in [0.1, 0.15) is 5.82 Å². The molecule has 108 valence electrons. The van der Waals surface area contributed by atoms with Gasteiger partial charge < -0.3 is 10.4 Å². The lowest BCUT2D eigenvalue weighted by Crippen LogP contribution is -2.13. The molecule has 0 amide bonds. The largest absolute Gasteiger partial charge is 0.387 e. The molecule has 0 saturated heterocycles. The van der Waals surface area contributed by atoms with Gasteiger partial charge in [-0.15, -0.1) is 0 Å². The Morgan fingerprint density at radius 1 is 1.14 bits per heavy atom. The van der Waals surface area contributed by atoms with E-state index in [1.54, 1.807) is 12.1 Å². The molecule has 2 N–H and O–H groups in total. The second-order valence-corrected chi connectivity index (χ2v) is 4.38. The van der Waals surface area contributed by atoms with E-state index >= 15 is 0 Å². The van der Waals surface area contributed by atoms with Gasteiger partial charge >= 0.3 is 0 Å². The summed E-state index contributed by atoms with van der Waals surface area (Å²) in [5.74, 6) is -3.42. The van der Waals surface area contributed by atoms with E-state index in [1.165, 1.54) is 12.1 Å². The highest BCUT2D eigenvalue weighted by Gasteiger charge is 2.13. The second kappa shape index (κ2) is 6.29. The summed E-state index contributed by atoms with van der Waals surface area (Å²) in [6.45, 7) is -0.133. The molecule has 0 aromatic heterocycles. The Kier molecular flexibility index (Phi) is 4.45. The first-order chi connectivity index (χ1) is 10.0. The van der Waals surface area contributed by atoms with Crippen molar-refractivity contribution in [2.75, 3.05) is 11.9 Å². The van der Waals surface area contributed by atoms with E-state index in [0.29, 0.717) is 17.2 Å². The fraction of sp³-hybridized carbons (Fsp3) is 0.133.